The predicted octanol–water partition coefficient (Wildman–Crippen LogP) is 1.93. The molecular weight excluding hydrogens is 404 g/mol. The number of hydrogen-bond acceptors (Lipinski definition) is 5. The molecule has 0 aliphatic carbocycles. The molecule has 4 heterocycles. The molecule has 0 N–H and O–H groups in total. The number of hydrogen-bond donors (Lipinski definition) is 0. The molecular formula is C24H28N6O2. The van der Waals surface area contributed by atoms with Gasteiger partial charge in [0.2, 0.25) is 5.91 Å². The van der Waals surface area contributed by atoms with Gasteiger partial charge in [-0.15, -0.1) is 0 Å². The molecule has 32 heavy (non-hydrogen) atoms. The molecule has 0 atom stereocenters. The van der Waals surface area contributed by atoms with E-state index in [0.29, 0.717) is 38.3 Å². The number of fused-ring (bicyclic) bond motifs is 2. The number of rotatable bonds is 3. The lowest BCUT2D eigenvalue weighted by Gasteiger charge is -2.35. The number of para-hydroxylation sites is 1. The van der Waals surface area contributed by atoms with Crippen molar-refractivity contribution in [3.8, 4) is 0 Å². The van der Waals surface area contributed by atoms with Crippen LogP contribution in [0.3, 0.4) is 0 Å². The lowest BCUT2D eigenvalue weighted by Crippen LogP contribution is -2.51. The first-order valence-electron chi connectivity index (χ1n) is 11.1. The number of aryl methyl sites for hydroxylation is 3. The number of aromatic nitrogens is 3. The third-order valence-electron chi connectivity index (χ3n) is 6.53. The van der Waals surface area contributed by atoms with Crippen LogP contribution >= 0.6 is 0 Å². The van der Waals surface area contributed by atoms with Crippen LogP contribution < -0.4 is 4.90 Å². The van der Waals surface area contributed by atoms with Crippen molar-refractivity contribution in [2.75, 3.05) is 44.2 Å². The first-order chi connectivity index (χ1) is 15.4. The maximum atomic E-state index is 13.4. The van der Waals surface area contributed by atoms with E-state index in [1.165, 1.54) is 5.56 Å². The van der Waals surface area contributed by atoms with Crippen LogP contribution in [-0.2, 0) is 18.3 Å². The summed E-state index contributed by atoms with van der Waals surface area (Å²) >= 11 is 0. The smallest absolute Gasteiger partial charge is 0.254 e. The van der Waals surface area contributed by atoms with Gasteiger partial charge in [-0.05, 0) is 38.0 Å². The van der Waals surface area contributed by atoms with Gasteiger partial charge < -0.3 is 9.80 Å². The lowest BCUT2D eigenvalue weighted by atomic mass is 10.1. The molecule has 0 unspecified atom stereocenters. The standard InChI is InChI=1S/C24H28N6O2/c1-16-14-19(22-17(2)26-27(3)23(22)25-16)24(32)29-12-10-28(11-13-29)15-21(31)30-9-8-18-6-4-5-7-20(18)30/h4-7,14H,8-13,15H2,1-3H3. The van der Waals surface area contributed by atoms with Crippen molar-refractivity contribution in [3.63, 3.8) is 0 Å². The number of anilines is 1. The molecule has 1 fully saturated rings. The second-order valence-electron chi connectivity index (χ2n) is 8.71. The summed E-state index contributed by atoms with van der Waals surface area (Å²) in [4.78, 5) is 36.8. The van der Waals surface area contributed by atoms with Gasteiger partial charge in [-0.25, -0.2) is 4.98 Å². The number of nitrogens with zero attached hydrogens (tertiary/aromatic N) is 6. The summed E-state index contributed by atoms with van der Waals surface area (Å²) in [5.74, 6) is 0.142. The van der Waals surface area contributed by atoms with Gasteiger partial charge in [-0.2, -0.15) is 5.10 Å². The van der Waals surface area contributed by atoms with Crippen LogP contribution in [0, 0.1) is 13.8 Å². The molecule has 166 valence electrons. The summed E-state index contributed by atoms with van der Waals surface area (Å²) in [5.41, 5.74) is 5.29. The van der Waals surface area contributed by atoms with Crippen LogP contribution in [0.1, 0.15) is 27.3 Å². The molecule has 8 heteroatoms. The average molecular weight is 433 g/mol. The number of benzene rings is 1. The Morgan fingerprint density at radius 1 is 1.03 bits per heavy atom. The summed E-state index contributed by atoms with van der Waals surface area (Å²) < 4.78 is 1.73. The lowest BCUT2D eigenvalue weighted by molar-refractivity contribution is -0.120. The highest BCUT2D eigenvalue weighted by Gasteiger charge is 2.29. The van der Waals surface area contributed by atoms with Gasteiger partial charge in [0.25, 0.3) is 5.91 Å². The van der Waals surface area contributed by atoms with E-state index in [-0.39, 0.29) is 11.8 Å². The highest BCUT2D eigenvalue weighted by Crippen LogP contribution is 2.28. The van der Waals surface area contributed by atoms with Crippen molar-refractivity contribution in [1.82, 2.24) is 24.6 Å². The number of pyridine rings is 1. The average Bonchev–Trinajstić information content (AvgIpc) is 3.34. The maximum Gasteiger partial charge on any atom is 0.254 e. The van der Waals surface area contributed by atoms with Crippen molar-refractivity contribution < 1.29 is 9.59 Å². The molecule has 2 amide bonds. The van der Waals surface area contributed by atoms with Crippen molar-refractivity contribution in [1.29, 1.82) is 0 Å². The maximum absolute atomic E-state index is 13.4. The van der Waals surface area contributed by atoms with Crippen molar-refractivity contribution in [2.24, 2.45) is 7.05 Å². The zero-order valence-electron chi connectivity index (χ0n) is 18.8. The predicted molar refractivity (Wildman–Crippen MR) is 123 cm³/mol. The third kappa shape index (κ3) is 3.54. The first kappa shape index (κ1) is 20.6. The van der Waals surface area contributed by atoms with E-state index in [1.807, 2.05) is 55.0 Å². The van der Waals surface area contributed by atoms with Crippen LogP contribution in [0.2, 0.25) is 0 Å². The fourth-order valence-electron chi connectivity index (χ4n) is 4.89. The van der Waals surface area contributed by atoms with E-state index in [9.17, 15) is 9.59 Å². The van der Waals surface area contributed by atoms with Crippen LogP contribution in [0.15, 0.2) is 30.3 Å². The molecule has 0 radical (unpaired) electrons. The Kier molecular flexibility index (Phi) is 5.17. The van der Waals surface area contributed by atoms with E-state index >= 15 is 0 Å². The Morgan fingerprint density at radius 2 is 1.78 bits per heavy atom. The summed E-state index contributed by atoms with van der Waals surface area (Å²) in [7, 11) is 1.85. The van der Waals surface area contributed by atoms with E-state index in [2.05, 4.69) is 21.0 Å². The Hall–Kier alpha value is -3.26. The molecule has 0 bridgehead atoms. The quantitative estimate of drug-likeness (QED) is 0.632. The van der Waals surface area contributed by atoms with Crippen LogP contribution in [0.25, 0.3) is 11.0 Å². The van der Waals surface area contributed by atoms with Gasteiger partial charge in [0.15, 0.2) is 5.65 Å². The Balaban J connectivity index is 1.25. The molecule has 0 spiro atoms. The minimum absolute atomic E-state index is 0.0102. The highest BCUT2D eigenvalue weighted by atomic mass is 16.2. The molecule has 3 aromatic rings. The minimum Gasteiger partial charge on any atom is -0.336 e. The zero-order chi connectivity index (χ0) is 22.4. The molecule has 1 aromatic carbocycles. The fourth-order valence-corrected chi connectivity index (χ4v) is 4.89. The summed E-state index contributed by atoms with van der Waals surface area (Å²) in [6.07, 6.45) is 0.914. The minimum atomic E-state index is 0.0102. The molecule has 5 rings (SSSR count). The Labute approximate surface area is 187 Å². The number of carbonyl (C=O) groups is 2. The largest absolute Gasteiger partial charge is 0.336 e. The van der Waals surface area contributed by atoms with Gasteiger partial charge in [0.1, 0.15) is 0 Å². The fraction of sp³-hybridized carbons (Fsp3) is 0.417. The topological polar surface area (TPSA) is 74.6 Å². The molecule has 1 saturated heterocycles. The highest BCUT2D eigenvalue weighted by molar-refractivity contribution is 6.06. The van der Waals surface area contributed by atoms with Gasteiger partial charge >= 0.3 is 0 Å². The van der Waals surface area contributed by atoms with Crippen LogP contribution in [-0.4, -0.2) is 75.6 Å². The van der Waals surface area contributed by atoms with Crippen molar-refractivity contribution in [2.45, 2.75) is 20.3 Å². The second-order valence-corrected chi connectivity index (χ2v) is 8.71. The normalized spacial score (nSPS) is 16.6. The molecule has 8 nitrogen and oxygen atoms in total. The van der Waals surface area contributed by atoms with Gasteiger partial charge in [-0.1, -0.05) is 18.2 Å². The molecule has 2 aliphatic heterocycles. The van der Waals surface area contributed by atoms with E-state index in [1.54, 1.807) is 4.68 Å². The van der Waals surface area contributed by atoms with Crippen molar-refractivity contribution in [3.05, 3.63) is 52.8 Å². The molecule has 0 saturated carbocycles. The van der Waals surface area contributed by atoms with Crippen molar-refractivity contribution >= 4 is 28.5 Å². The van der Waals surface area contributed by atoms with Gasteiger partial charge in [-0.3, -0.25) is 19.2 Å². The number of amides is 2. The summed E-state index contributed by atoms with van der Waals surface area (Å²) in [6.45, 7) is 7.53. The molecule has 2 aromatic heterocycles. The van der Waals surface area contributed by atoms with E-state index in [4.69, 9.17) is 0 Å². The summed E-state index contributed by atoms with van der Waals surface area (Å²) in [5, 5.41) is 5.28. The van der Waals surface area contributed by atoms with E-state index in [0.717, 1.165) is 41.1 Å². The Morgan fingerprint density at radius 3 is 2.56 bits per heavy atom. The SMILES string of the molecule is Cc1cc(C(=O)N2CCN(CC(=O)N3CCc4ccccc43)CC2)c2c(C)nn(C)c2n1. The first-order valence-corrected chi connectivity index (χ1v) is 11.1. The third-order valence-corrected chi connectivity index (χ3v) is 6.53. The molecule has 2 aliphatic rings. The second kappa shape index (κ2) is 8.02. The van der Waals surface area contributed by atoms with Gasteiger partial charge in [0.05, 0.1) is 23.2 Å². The van der Waals surface area contributed by atoms with Gasteiger partial charge in [0, 0.05) is 51.2 Å². The van der Waals surface area contributed by atoms with E-state index < -0.39 is 0 Å². The zero-order valence-corrected chi connectivity index (χ0v) is 18.8. The monoisotopic (exact) mass is 432 g/mol. The van der Waals surface area contributed by atoms with Crippen LogP contribution in [0.5, 0.6) is 0 Å². The van der Waals surface area contributed by atoms with Crippen LogP contribution in [0.4, 0.5) is 5.69 Å². The Bertz CT molecular complexity index is 1210. The number of piperazine rings is 1. The number of carbonyl (C=O) groups excluding carboxylic acids is 2. The summed E-state index contributed by atoms with van der Waals surface area (Å²) in [6, 6.07) is 9.98.